The second kappa shape index (κ2) is 12.7. The van der Waals surface area contributed by atoms with E-state index in [2.05, 4.69) is 46.4 Å². The van der Waals surface area contributed by atoms with Gasteiger partial charge in [-0.3, -0.25) is 4.79 Å². The monoisotopic (exact) mass is 534 g/mol. The highest BCUT2D eigenvalue weighted by molar-refractivity contribution is 9.10. The Hall–Kier alpha value is -3.71. The summed E-state index contributed by atoms with van der Waals surface area (Å²) >= 11 is 3.39. The van der Waals surface area contributed by atoms with Crippen LogP contribution >= 0.6 is 15.9 Å². The maximum absolute atomic E-state index is 12.3. The molecule has 0 bridgehead atoms. The highest BCUT2D eigenvalue weighted by Gasteiger charge is 2.09. The molecule has 0 saturated heterocycles. The summed E-state index contributed by atoms with van der Waals surface area (Å²) < 4.78 is 11.9. The fourth-order valence-corrected chi connectivity index (χ4v) is 3.44. The standard InChI is InChI=1S/C28H27BrN2O4/c1-19(2)22-11-9-20(3)26(16-22)34-18-27(32)31-30-17-23-15-24(29)12-13-25(23)35-28(33)14-10-21-7-5-4-6-8-21/h4-17,19H,18H2,1-3H3,(H,31,32). The summed E-state index contributed by atoms with van der Waals surface area (Å²) in [5.74, 6) is 0.405. The van der Waals surface area contributed by atoms with Gasteiger partial charge in [0, 0.05) is 16.1 Å². The van der Waals surface area contributed by atoms with E-state index in [1.165, 1.54) is 12.3 Å². The van der Waals surface area contributed by atoms with E-state index in [9.17, 15) is 9.59 Å². The highest BCUT2D eigenvalue weighted by atomic mass is 79.9. The minimum atomic E-state index is -0.526. The summed E-state index contributed by atoms with van der Waals surface area (Å²) in [5, 5.41) is 3.99. The zero-order valence-corrected chi connectivity index (χ0v) is 21.4. The molecule has 0 unspecified atom stereocenters. The zero-order chi connectivity index (χ0) is 25.2. The van der Waals surface area contributed by atoms with E-state index in [4.69, 9.17) is 9.47 Å². The molecule has 0 aliphatic heterocycles. The van der Waals surface area contributed by atoms with Crippen molar-refractivity contribution in [1.82, 2.24) is 5.43 Å². The molecular weight excluding hydrogens is 508 g/mol. The minimum absolute atomic E-state index is 0.176. The van der Waals surface area contributed by atoms with Gasteiger partial charge in [-0.1, -0.05) is 72.2 Å². The first-order chi connectivity index (χ1) is 16.8. The Morgan fingerprint density at radius 3 is 2.54 bits per heavy atom. The van der Waals surface area contributed by atoms with Gasteiger partial charge in [-0.15, -0.1) is 0 Å². The van der Waals surface area contributed by atoms with Crippen molar-refractivity contribution in [2.45, 2.75) is 26.7 Å². The van der Waals surface area contributed by atoms with Crippen LogP contribution in [0, 0.1) is 6.92 Å². The number of amides is 1. The van der Waals surface area contributed by atoms with Crippen LogP contribution in [0.1, 0.15) is 42.0 Å². The van der Waals surface area contributed by atoms with Gasteiger partial charge in [0.25, 0.3) is 5.91 Å². The maximum Gasteiger partial charge on any atom is 0.336 e. The highest BCUT2D eigenvalue weighted by Crippen LogP contribution is 2.24. The van der Waals surface area contributed by atoms with Crippen molar-refractivity contribution in [2.75, 3.05) is 6.61 Å². The maximum atomic E-state index is 12.3. The zero-order valence-electron chi connectivity index (χ0n) is 19.8. The molecule has 0 atom stereocenters. The molecule has 1 N–H and O–H groups in total. The molecule has 0 radical (unpaired) electrons. The number of aryl methyl sites for hydroxylation is 1. The van der Waals surface area contributed by atoms with Gasteiger partial charge in [-0.2, -0.15) is 5.10 Å². The van der Waals surface area contributed by atoms with Gasteiger partial charge >= 0.3 is 5.97 Å². The van der Waals surface area contributed by atoms with Crippen LogP contribution in [-0.4, -0.2) is 24.7 Å². The number of hydrazone groups is 1. The molecule has 0 heterocycles. The van der Waals surface area contributed by atoms with Crippen molar-refractivity contribution in [3.8, 4) is 11.5 Å². The van der Waals surface area contributed by atoms with Crippen molar-refractivity contribution in [2.24, 2.45) is 5.10 Å². The summed E-state index contributed by atoms with van der Waals surface area (Å²) in [6, 6.07) is 20.6. The molecule has 3 aromatic carbocycles. The molecule has 3 rings (SSSR count). The van der Waals surface area contributed by atoms with Gasteiger partial charge in [-0.25, -0.2) is 10.2 Å². The molecule has 0 aliphatic carbocycles. The summed E-state index contributed by atoms with van der Waals surface area (Å²) in [4.78, 5) is 24.5. The Balaban J connectivity index is 1.59. The van der Waals surface area contributed by atoms with Crippen LogP contribution in [0.2, 0.25) is 0 Å². The molecule has 0 saturated carbocycles. The quantitative estimate of drug-likeness (QED) is 0.119. The number of halogens is 1. The first-order valence-electron chi connectivity index (χ1n) is 11.1. The first kappa shape index (κ1) is 25.9. The number of nitrogens with one attached hydrogen (secondary N) is 1. The molecular formula is C28H27BrN2O4. The molecule has 6 nitrogen and oxygen atoms in total. The predicted molar refractivity (Wildman–Crippen MR) is 142 cm³/mol. The molecule has 0 aliphatic rings. The van der Waals surface area contributed by atoms with E-state index in [1.54, 1.807) is 24.3 Å². The van der Waals surface area contributed by atoms with Crippen molar-refractivity contribution in [1.29, 1.82) is 0 Å². The van der Waals surface area contributed by atoms with E-state index >= 15 is 0 Å². The van der Waals surface area contributed by atoms with Crippen LogP contribution in [0.15, 0.2) is 82.4 Å². The Kier molecular flexibility index (Phi) is 9.38. The number of benzene rings is 3. The third-order valence-electron chi connectivity index (χ3n) is 5.02. The number of carbonyl (C=O) groups is 2. The molecule has 3 aromatic rings. The number of ether oxygens (including phenoxy) is 2. The lowest BCUT2D eigenvalue weighted by Gasteiger charge is -2.12. The number of hydrogen-bond donors (Lipinski definition) is 1. The minimum Gasteiger partial charge on any atom is -0.483 e. The number of hydrogen-bond acceptors (Lipinski definition) is 5. The topological polar surface area (TPSA) is 77.0 Å². The van der Waals surface area contributed by atoms with Gasteiger partial charge in [-0.05, 0) is 59.9 Å². The van der Waals surface area contributed by atoms with Gasteiger partial charge in [0.1, 0.15) is 11.5 Å². The van der Waals surface area contributed by atoms with Crippen molar-refractivity contribution in [3.63, 3.8) is 0 Å². The van der Waals surface area contributed by atoms with E-state index in [0.29, 0.717) is 23.0 Å². The smallest absolute Gasteiger partial charge is 0.336 e. The summed E-state index contributed by atoms with van der Waals surface area (Å²) in [7, 11) is 0. The van der Waals surface area contributed by atoms with Crippen LogP contribution in [0.3, 0.4) is 0 Å². The van der Waals surface area contributed by atoms with Crippen LogP contribution in [0.25, 0.3) is 6.08 Å². The van der Waals surface area contributed by atoms with Gasteiger partial charge in [0.05, 0.1) is 6.21 Å². The summed E-state index contributed by atoms with van der Waals surface area (Å²) in [5.41, 5.74) is 5.93. The van der Waals surface area contributed by atoms with Gasteiger partial charge in [0.2, 0.25) is 0 Å². The van der Waals surface area contributed by atoms with Crippen LogP contribution in [0.5, 0.6) is 11.5 Å². The number of nitrogens with zero attached hydrogens (tertiary/aromatic N) is 1. The van der Waals surface area contributed by atoms with Gasteiger partial charge < -0.3 is 9.47 Å². The molecule has 35 heavy (non-hydrogen) atoms. The SMILES string of the molecule is Cc1ccc(C(C)C)cc1OCC(=O)NN=Cc1cc(Br)ccc1OC(=O)C=Cc1ccccc1. The second-order valence-corrected chi connectivity index (χ2v) is 9.02. The fraction of sp³-hybridized carbons (Fsp3) is 0.179. The van der Waals surface area contributed by atoms with E-state index in [-0.39, 0.29) is 6.61 Å². The summed E-state index contributed by atoms with van der Waals surface area (Å²) in [6.07, 6.45) is 4.44. The Labute approximate surface area is 213 Å². The van der Waals surface area contributed by atoms with Crippen molar-refractivity contribution < 1.29 is 19.1 Å². The van der Waals surface area contributed by atoms with Crippen LogP contribution < -0.4 is 14.9 Å². The van der Waals surface area contributed by atoms with Crippen LogP contribution in [-0.2, 0) is 9.59 Å². The summed E-state index contributed by atoms with van der Waals surface area (Å²) in [6.45, 7) is 5.96. The average Bonchev–Trinajstić information content (AvgIpc) is 2.84. The van der Waals surface area contributed by atoms with Crippen molar-refractivity contribution in [3.05, 3.63) is 99.5 Å². The Morgan fingerprint density at radius 1 is 1.03 bits per heavy atom. The molecule has 0 aromatic heterocycles. The van der Waals surface area contributed by atoms with Gasteiger partial charge in [0.15, 0.2) is 6.61 Å². The number of carbonyl (C=O) groups excluding carboxylic acids is 2. The molecule has 0 spiro atoms. The normalized spacial score (nSPS) is 11.2. The Morgan fingerprint density at radius 2 is 1.80 bits per heavy atom. The molecule has 0 fully saturated rings. The first-order valence-corrected chi connectivity index (χ1v) is 11.9. The molecule has 7 heteroatoms. The lowest BCUT2D eigenvalue weighted by molar-refractivity contribution is -0.129. The lowest BCUT2D eigenvalue weighted by atomic mass is 10.0. The largest absolute Gasteiger partial charge is 0.483 e. The fourth-order valence-electron chi connectivity index (χ4n) is 3.06. The van der Waals surface area contributed by atoms with E-state index in [1.807, 2.05) is 49.4 Å². The third kappa shape index (κ3) is 8.22. The number of esters is 1. The second-order valence-electron chi connectivity index (χ2n) is 8.11. The third-order valence-corrected chi connectivity index (χ3v) is 5.52. The average molecular weight is 535 g/mol. The number of rotatable bonds is 9. The lowest BCUT2D eigenvalue weighted by Crippen LogP contribution is -2.24. The van der Waals surface area contributed by atoms with Crippen LogP contribution in [0.4, 0.5) is 0 Å². The van der Waals surface area contributed by atoms with Crippen molar-refractivity contribution >= 4 is 40.1 Å². The molecule has 180 valence electrons. The van der Waals surface area contributed by atoms with E-state index < -0.39 is 11.9 Å². The predicted octanol–water partition coefficient (Wildman–Crippen LogP) is 6.03. The molecule has 1 amide bonds. The van der Waals surface area contributed by atoms with E-state index in [0.717, 1.165) is 21.2 Å². The Bertz CT molecular complexity index is 1240.